The highest BCUT2D eigenvalue weighted by Gasteiger charge is 2.02. The minimum atomic E-state index is 0.823. The first-order chi connectivity index (χ1) is 9.31. The largest absolute Gasteiger partial charge is 0.497 e. The average Bonchev–Trinajstić information content (AvgIpc) is 2.48. The second-order valence-electron chi connectivity index (χ2n) is 4.28. The number of nitrogens with zero attached hydrogens (tertiary/aromatic N) is 1. The number of benzene rings is 1. The van der Waals surface area contributed by atoms with Crippen molar-refractivity contribution >= 4 is 0 Å². The van der Waals surface area contributed by atoms with Gasteiger partial charge in [0.15, 0.2) is 0 Å². The lowest BCUT2D eigenvalue weighted by molar-refractivity contribution is 0.393. The molecule has 3 heteroatoms. The Morgan fingerprint density at radius 3 is 2.26 bits per heavy atom. The molecule has 0 atom stereocenters. The maximum absolute atomic E-state index is 5.26. The molecule has 1 aromatic heterocycles. The van der Waals surface area contributed by atoms with Crippen molar-refractivity contribution in [1.29, 1.82) is 0 Å². The first-order valence-electron chi connectivity index (χ1n) is 6.24. The molecular weight excluding hydrogens is 238 g/mol. The highest BCUT2D eigenvalue weighted by Crippen LogP contribution is 2.23. The zero-order chi connectivity index (χ0) is 13.5. The molecule has 0 unspecified atom stereocenters. The van der Waals surface area contributed by atoms with Gasteiger partial charge in [-0.3, -0.25) is 4.98 Å². The van der Waals surface area contributed by atoms with Crippen LogP contribution in [0.1, 0.15) is 11.1 Å². The summed E-state index contributed by atoms with van der Waals surface area (Å²) in [7, 11) is 3.33. The van der Waals surface area contributed by atoms with E-state index in [1.807, 2.05) is 30.5 Å². The Labute approximate surface area is 114 Å². The summed E-state index contributed by atoms with van der Waals surface area (Å²) >= 11 is 0. The summed E-state index contributed by atoms with van der Waals surface area (Å²) in [5.41, 5.74) is 2.40. The summed E-state index contributed by atoms with van der Waals surface area (Å²) in [5, 5.41) is 0. The van der Waals surface area contributed by atoms with Crippen LogP contribution >= 0.6 is 0 Å². The number of hydrogen-bond donors (Lipinski definition) is 0. The van der Waals surface area contributed by atoms with Crippen molar-refractivity contribution in [3.05, 3.63) is 60.3 Å². The van der Waals surface area contributed by atoms with E-state index in [0.29, 0.717) is 0 Å². The Hall–Kier alpha value is -2.03. The third-order valence-electron chi connectivity index (χ3n) is 2.89. The van der Waals surface area contributed by atoms with Crippen LogP contribution in [0.2, 0.25) is 0 Å². The van der Waals surface area contributed by atoms with Crippen molar-refractivity contribution in [2.45, 2.75) is 12.8 Å². The topological polar surface area (TPSA) is 31.4 Å². The molecule has 3 nitrogen and oxygen atoms in total. The van der Waals surface area contributed by atoms with E-state index in [-0.39, 0.29) is 0 Å². The molecule has 0 aliphatic rings. The molecule has 99 valence electrons. The Morgan fingerprint density at radius 2 is 1.68 bits per heavy atom. The van der Waals surface area contributed by atoms with Crippen LogP contribution in [0.4, 0.5) is 0 Å². The van der Waals surface area contributed by atoms with Gasteiger partial charge in [0.05, 0.1) is 14.2 Å². The van der Waals surface area contributed by atoms with Gasteiger partial charge >= 0.3 is 0 Å². The van der Waals surface area contributed by atoms with Gasteiger partial charge in [0, 0.05) is 18.5 Å². The monoisotopic (exact) mass is 256 g/mol. The molecule has 1 radical (unpaired) electrons. The van der Waals surface area contributed by atoms with Crippen LogP contribution in [0.25, 0.3) is 0 Å². The fourth-order valence-electron chi connectivity index (χ4n) is 1.91. The van der Waals surface area contributed by atoms with Crippen molar-refractivity contribution in [2.24, 2.45) is 0 Å². The van der Waals surface area contributed by atoms with Gasteiger partial charge in [-0.2, -0.15) is 0 Å². The van der Waals surface area contributed by atoms with Crippen LogP contribution in [-0.4, -0.2) is 19.2 Å². The zero-order valence-electron chi connectivity index (χ0n) is 11.3. The molecule has 0 saturated heterocycles. The molecule has 1 aromatic carbocycles. The van der Waals surface area contributed by atoms with E-state index in [1.165, 1.54) is 11.1 Å². The summed E-state index contributed by atoms with van der Waals surface area (Å²) in [6.45, 7) is 0. The fourth-order valence-corrected chi connectivity index (χ4v) is 1.91. The van der Waals surface area contributed by atoms with E-state index in [2.05, 4.69) is 17.5 Å². The molecule has 1 heterocycles. The molecule has 2 aromatic rings. The molecule has 0 fully saturated rings. The van der Waals surface area contributed by atoms with Crippen molar-refractivity contribution in [2.75, 3.05) is 14.2 Å². The molecule has 0 amide bonds. The molecule has 0 bridgehead atoms. The Morgan fingerprint density at radius 1 is 1.00 bits per heavy atom. The predicted octanol–water partition coefficient (Wildman–Crippen LogP) is 3.09. The zero-order valence-corrected chi connectivity index (χ0v) is 11.3. The third kappa shape index (κ3) is 3.98. The third-order valence-corrected chi connectivity index (χ3v) is 2.89. The van der Waals surface area contributed by atoms with E-state index in [1.54, 1.807) is 20.4 Å². The minimum Gasteiger partial charge on any atom is -0.497 e. The molecule has 0 aliphatic heterocycles. The van der Waals surface area contributed by atoms with Gasteiger partial charge in [-0.05, 0) is 48.6 Å². The van der Waals surface area contributed by atoms with Crippen LogP contribution in [0, 0.1) is 6.42 Å². The van der Waals surface area contributed by atoms with Gasteiger partial charge in [-0.1, -0.05) is 6.07 Å². The highest BCUT2D eigenvalue weighted by molar-refractivity contribution is 5.39. The molecule has 19 heavy (non-hydrogen) atoms. The minimum absolute atomic E-state index is 0.823. The molecule has 0 aliphatic carbocycles. The van der Waals surface area contributed by atoms with Gasteiger partial charge in [0.25, 0.3) is 0 Å². The quantitative estimate of drug-likeness (QED) is 0.796. The number of hydrogen-bond acceptors (Lipinski definition) is 3. The summed E-state index contributed by atoms with van der Waals surface area (Å²) in [4.78, 5) is 4.11. The number of methoxy groups -OCH3 is 2. The Kier molecular flexibility index (Phi) is 4.78. The van der Waals surface area contributed by atoms with Gasteiger partial charge < -0.3 is 9.47 Å². The standard InChI is InChI=1S/C16H18NO2/c1-18-15-9-14(10-16(11-15)19-2)6-3-5-13-7-4-8-17-12-13/h3-4,7-12H,5-6H2,1-2H3. The lowest BCUT2D eigenvalue weighted by Crippen LogP contribution is -1.94. The Balaban J connectivity index is 1.95. The van der Waals surface area contributed by atoms with Crippen molar-refractivity contribution < 1.29 is 9.47 Å². The molecule has 0 N–H and O–H groups in total. The smallest absolute Gasteiger partial charge is 0.122 e. The van der Waals surface area contributed by atoms with E-state index >= 15 is 0 Å². The Bertz CT molecular complexity index is 489. The van der Waals surface area contributed by atoms with Gasteiger partial charge in [-0.15, -0.1) is 0 Å². The summed E-state index contributed by atoms with van der Waals surface area (Å²) in [5.74, 6) is 1.65. The second-order valence-corrected chi connectivity index (χ2v) is 4.28. The summed E-state index contributed by atoms with van der Waals surface area (Å²) < 4.78 is 10.5. The maximum Gasteiger partial charge on any atom is 0.122 e. The van der Waals surface area contributed by atoms with E-state index in [4.69, 9.17) is 9.47 Å². The molecule has 2 rings (SSSR count). The lowest BCUT2D eigenvalue weighted by Gasteiger charge is -2.08. The van der Waals surface area contributed by atoms with Gasteiger partial charge in [0.2, 0.25) is 0 Å². The normalized spacial score (nSPS) is 10.2. The van der Waals surface area contributed by atoms with Crippen LogP contribution in [0.3, 0.4) is 0 Å². The van der Waals surface area contributed by atoms with Crippen LogP contribution in [-0.2, 0) is 12.8 Å². The number of pyridine rings is 1. The van der Waals surface area contributed by atoms with E-state index in [0.717, 1.165) is 24.3 Å². The number of rotatable bonds is 6. The molecule has 0 saturated carbocycles. The SMILES string of the molecule is COc1cc(C[CH]Cc2cccnc2)cc(OC)c1. The van der Waals surface area contributed by atoms with Gasteiger partial charge in [0.1, 0.15) is 11.5 Å². The predicted molar refractivity (Wildman–Crippen MR) is 75.5 cm³/mol. The first kappa shape index (κ1) is 13.4. The summed E-state index contributed by atoms with van der Waals surface area (Å²) in [6.07, 6.45) is 7.69. The molecular formula is C16H18NO2. The van der Waals surface area contributed by atoms with Crippen molar-refractivity contribution in [3.8, 4) is 11.5 Å². The fraction of sp³-hybridized carbons (Fsp3) is 0.250. The number of ether oxygens (including phenoxy) is 2. The van der Waals surface area contributed by atoms with Gasteiger partial charge in [-0.25, -0.2) is 0 Å². The van der Waals surface area contributed by atoms with Crippen molar-refractivity contribution in [1.82, 2.24) is 4.98 Å². The molecule has 0 spiro atoms. The number of aromatic nitrogens is 1. The van der Waals surface area contributed by atoms with Crippen LogP contribution < -0.4 is 9.47 Å². The van der Waals surface area contributed by atoms with Crippen molar-refractivity contribution in [3.63, 3.8) is 0 Å². The lowest BCUT2D eigenvalue weighted by atomic mass is 10.0. The van der Waals surface area contributed by atoms with Crippen LogP contribution in [0.15, 0.2) is 42.7 Å². The van der Waals surface area contributed by atoms with E-state index < -0.39 is 0 Å². The first-order valence-corrected chi connectivity index (χ1v) is 6.24. The average molecular weight is 256 g/mol. The van der Waals surface area contributed by atoms with Crippen LogP contribution in [0.5, 0.6) is 11.5 Å². The summed E-state index contributed by atoms with van der Waals surface area (Å²) in [6, 6.07) is 9.97. The van der Waals surface area contributed by atoms with E-state index in [9.17, 15) is 0 Å². The maximum atomic E-state index is 5.26. The second kappa shape index (κ2) is 6.78. The highest BCUT2D eigenvalue weighted by atomic mass is 16.5.